The van der Waals surface area contributed by atoms with Crippen molar-refractivity contribution in [3.8, 4) is 0 Å². The largest absolute Gasteiger partial charge is 0.313 e. The van der Waals surface area contributed by atoms with Gasteiger partial charge >= 0.3 is 0 Å². The van der Waals surface area contributed by atoms with Crippen LogP contribution in [0.4, 0.5) is 13.2 Å². The molecule has 106 valence electrons. The van der Waals surface area contributed by atoms with E-state index in [0.29, 0.717) is 11.1 Å². The van der Waals surface area contributed by atoms with Crippen LogP contribution in [0.25, 0.3) is 0 Å². The minimum atomic E-state index is -0.922. The van der Waals surface area contributed by atoms with E-state index in [4.69, 9.17) is 11.6 Å². The molecule has 0 heterocycles. The topological polar surface area (TPSA) is 12.0 Å². The highest BCUT2D eigenvalue weighted by Crippen LogP contribution is 2.24. The smallest absolute Gasteiger partial charge is 0.159 e. The van der Waals surface area contributed by atoms with E-state index in [1.807, 2.05) is 0 Å². The summed E-state index contributed by atoms with van der Waals surface area (Å²) in [5.41, 5.74) is 0.965. The third-order valence-electron chi connectivity index (χ3n) is 3.15. The monoisotopic (exact) mass is 299 g/mol. The summed E-state index contributed by atoms with van der Waals surface area (Å²) in [4.78, 5) is 0. The number of benzene rings is 2. The number of likely N-dealkylation sites (N-methyl/N-ethyl adjacent to an activating group) is 1. The lowest BCUT2D eigenvalue weighted by atomic mass is 9.98. The van der Waals surface area contributed by atoms with Gasteiger partial charge in [-0.25, -0.2) is 13.2 Å². The second-order valence-electron chi connectivity index (χ2n) is 4.43. The fourth-order valence-corrected chi connectivity index (χ4v) is 2.24. The second kappa shape index (κ2) is 6.29. The van der Waals surface area contributed by atoms with Crippen molar-refractivity contribution in [2.45, 2.75) is 12.5 Å². The molecule has 0 spiro atoms. The fraction of sp³-hybridized carbons (Fsp3) is 0.200. The maximum atomic E-state index is 13.9. The first-order chi connectivity index (χ1) is 9.52. The van der Waals surface area contributed by atoms with Crippen LogP contribution in [0.1, 0.15) is 17.2 Å². The van der Waals surface area contributed by atoms with Crippen molar-refractivity contribution in [2.24, 2.45) is 0 Å². The lowest BCUT2D eigenvalue weighted by Gasteiger charge is -2.17. The van der Waals surface area contributed by atoms with Gasteiger partial charge in [0.2, 0.25) is 0 Å². The zero-order chi connectivity index (χ0) is 14.7. The minimum absolute atomic E-state index is 0.0441. The van der Waals surface area contributed by atoms with E-state index in [1.165, 1.54) is 12.1 Å². The van der Waals surface area contributed by atoms with Gasteiger partial charge in [0.1, 0.15) is 5.82 Å². The molecule has 0 bridgehead atoms. The molecule has 5 heteroatoms. The molecule has 1 unspecified atom stereocenters. The number of hydrogen-bond acceptors (Lipinski definition) is 1. The standard InChI is InChI=1S/C15H13ClF3N/c1-20-14(9-5-6-12(17)13(18)7-9)8-10-3-2-4-11(16)15(10)19/h2-7,14,20H,8H2,1H3. The molecule has 0 aliphatic heterocycles. The normalized spacial score (nSPS) is 12.4. The van der Waals surface area contributed by atoms with Gasteiger partial charge in [-0.05, 0) is 42.8 Å². The summed E-state index contributed by atoms with van der Waals surface area (Å²) in [5, 5.41) is 3.01. The highest BCUT2D eigenvalue weighted by atomic mass is 35.5. The first kappa shape index (κ1) is 14.9. The van der Waals surface area contributed by atoms with E-state index < -0.39 is 17.5 Å². The summed E-state index contributed by atoms with van der Waals surface area (Å²) in [5.74, 6) is -2.32. The molecule has 0 amide bonds. The highest BCUT2D eigenvalue weighted by molar-refractivity contribution is 6.30. The summed E-state index contributed by atoms with van der Waals surface area (Å²) in [6.07, 6.45) is 0.286. The molecule has 0 radical (unpaired) electrons. The van der Waals surface area contributed by atoms with E-state index in [1.54, 1.807) is 19.2 Å². The molecular weight excluding hydrogens is 287 g/mol. The van der Waals surface area contributed by atoms with Crippen LogP contribution in [-0.2, 0) is 6.42 Å². The molecule has 1 atom stereocenters. The molecule has 2 rings (SSSR count). The molecule has 0 saturated heterocycles. The number of hydrogen-bond donors (Lipinski definition) is 1. The van der Waals surface area contributed by atoms with Crippen LogP contribution < -0.4 is 5.32 Å². The van der Waals surface area contributed by atoms with Crippen LogP contribution in [0.3, 0.4) is 0 Å². The average molecular weight is 300 g/mol. The SMILES string of the molecule is CNC(Cc1cccc(Cl)c1F)c1ccc(F)c(F)c1. The van der Waals surface area contributed by atoms with Crippen molar-refractivity contribution in [1.82, 2.24) is 5.32 Å². The summed E-state index contributed by atoms with van der Waals surface area (Å²) in [6, 6.07) is 8.04. The molecule has 0 saturated carbocycles. The van der Waals surface area contributed by atoms with Crippen molar-refractivity contribution in [1.29, 1.82) is 0 Å². The Morgan fingerprint density at radius 1 is 1.10 bits per heavy atom. The van der Waals surface area contributed by atoms with Crippen LogP contribution >= 0.6 is 11.6 Å². The van der Waals surface area contributed by atoms with Gasteiger partial charge in [0.05, 0.1) is 5.02 Å². The maximum Gasteiger partial charge on any atom is 0.159 e. The Morgan fingerprint density at radius 2 is 1.85 bits per heavy atom. The molecule has 1 N–H and O–H groups in total. The Bertz CT molecular complexity index is 616. The van der Waals surface area contributed by atoms with Gasteiger partial charge in [-0.1, -0.05) is 29.8 Å². The summed E-state index contributed by atoms with van der Waals surface area (Å²) >= 11 is 5.73. The Labute approximate surface area is 120 Å². The van der Waals surface area contributed by atoms with Crippen molar-refractivity contribution in [2.75, 3.05) is 7.05 Å². The highest BCUT2D eigenvalue weighted by Gasteiger charge is 2.16. The summed E-state index contributed by atoms with van der Waals surface area (Å²) < 4.78 is 40.1. The van der Waals surface area contributed by atoms with Gasteiger partial charge in [-0.3, -0.25) is 0 Å². The first-order valence-corrected chi connectivity index (χ1v) is 6.46. The van der Waals surface area contributed by atoms with Gasteiger partial charge in [-0.15, -0.1) is 0 Å². The summed E-state index contributed by atoms with van der Waals surface area (Å²) in [7, 11) is 1.67. The molecule has 20 heavy (non-hydrogen) atoms. The quantitative estimate of drug-likeness (QED) is 0.889. The van der Waals surface area contributed by atoms with Crippen molar-refractivity contribution in [3.63, 3.8) is 0 Å². The van der Waals surface area contributed by atoms with Gasteiger partial charge in [0, 0.05) is 6.04 Å². The van der Waals surface area contributed by atoms with E-state index in [9.17, 15) is 13.2 Å². The Hall–Kier alpha value is -1.52. The zero-order valence-corrected chi connectivity index (χ0v) is 11.5. The predicted molar refractivity (Wildman–Crippen MR) is 73.3 cm³/mol. The molecule has 0 aliphatic rings. The van der Waals surface area contributed by atoms with Crippen LogP contribution in [0.5, 0.6) is 0 Å². The number of halogens is 4. The minimum Gasteiger partial charge on any atom is -0.313 e. The fourth-order valence-electron chi connectivity index (χ4n) is 2.04. The number of nitrogens with one attached hydrogen (secondary N) is 1. The molecule has 1 nitrogen and oxygen atoms in total. The van der Waals surface area contributed by atoms with Crippen LogP contribution in [0, 0.1) is 17.5 Å². The molecule has 2 aromatic rings. The van der Waals surface area contributed by atoms with Crippen molar-refractivity contribution < 1.29 is 13.2 Å². The molecular formula is C15H13ClF3N. The summed E-state index contributed by atoms with van der Waals surface area (Å²) in [6.45, 7) is 0. The lowest BCUT2D eigenvalue weighted by Crippen LogP contribution is -2.19. The maximum absolute atomic E-state index is 13.9. The predicted octanol–water partition coefficient (Wildman–Crippen LogP) is 4.26. The van der Waals surface area contributed by atoms with Crippen LogP contribution in [0.2, 0.25) is 5.02 Å². The molecule has 0 aromatic heterocycles. The Kier molecular flexibility index (Phi) is 4.68. The zero-order valence-electron chi connectivity index (χ0n) is 10.8. The van der Waals surface area contributed by atoms with E-state index in [2.05, 4.69) is 5.32 Å². The molecule has 0 aliphatic carbocycles. The van der Waals surface area contributed by atoms with Gasteiger partial charge in [-0.2, -0.15) is 0 Å². The van der Waals surface area contributed by atoms with E-state index in [-0.39, 0.29) is 17.5 Å². The molecule has 2 aromatic carbocycles. The van der Waals surface area contributed by atoms with Gasteiger partial charge in [0.25, 0.3) is 0 Å². The molecule has 0 fully saturated rings. The van der Waals surface area contributed by atoms with E-state index in [0.717, 1.165) is 12.1 Å². The Morgan fingerprint density at radius 3 is 2.50 bits per heavy atom. The third-order valence-corrected chi connectivity index (χ3v) is 3.44. The average Bonchev–Trinajstić information content (AvgIpc) is 2.44. The van der Waals surface area contributed by atoms with Gasteiger partial charge < -0.3 is 5.32 Å². The van der Waals surface area contributed by atoms with Crippen molar-refractivity contribution in [3.05, 3.63) is 70.0 Å². The second-order valence-corrected chi connectivity index (χ2v) is 4.84. The van der Waals surface area contributed by atoms with Crippen LogP contribution in [0.15, 0.2) is 36.4 Å². The van der Waals surface area contributed by atoms with Crippen LogP contribution in [-0.4, -0.2) is 7.05 Å². The van der Waals surface area contributed by atoms with Crippen molar-refractivity contribution >= 4 is 11.6 Å². The van der Waals surface area contributed by atoms with E-state index >= 15 is 0 Å². The van der Waals surface area contributed by atoms with Gasteiger partial charge in [0.15, 0.2) is 11.6 Å². The lowest BCUT2D eigenvalue weighted by molar-refractivity contribution is 0.499. The number of rotatable bonds is 4. The first-order valence-electron chi connectivity index (χ1n) is 6.08. The third kappa shape index (κ3) is 3.14. The Balaban J connectivity index is 2.28.